The molecule has 0 aliphatic carbocycles. The minimum atomic E-state index is 0.0595. The zero-order valence-electron chi connectivity index (χ0n) is 14.5. The topological polar surface area (TPSA) is 46.6 Å². The standard InChI is InChI=1S/C21H23NO3/c1-16(23)17-11-12-20-18(15-17)7-5-13-22(20)21(24)10-6-14-25-19-8-3-2-4-9-19/h2-4,8-9,11-12,15H,5-7,10,13-14H2,1H3. The van der Waals surface area contributed by atoms with Crippen LogP contribution in [0.5, 0.6) is 5.75 Å². The Morgan fingerprint density at radius 2 is 1.92 bits per heavy atom. The van der Waals surface area contributed by atoms with Crippen LogP contribution >= 0.6 is 0 Å². The minimum absolute atomic E-state index is 0.0595. The molecule has 0 bridgehead atoms. The molecule has 3 rings (SSSR count). The molecule has 0 saturated heterocycles. The SMILES string of the molecule is CC(=O)c1ccc2c(c1)CCCN2C(=O)CCCOc1ccccc1. The molecule has 4 nitrogen and oxygen atoms in total. The maximum Gasteiger partial charge on any atom is 0.227 e. The van der Waals surface area contributed by atoms with Crippen LogP contribution in [0.3, 0.4) is 0 Å². The molecule has 4 heteroatoms. The van der Waals surface area contributed by atoms with Crippen LogP contribution in [0.25, 0.3) is 0 Å². The molecule has 0 saturated carbocycles. The molecule has 1 aliphatic heterocycles. The predicted octanol–water partition coefficient (Wildman–Crippen LogP) is 4.03. The summed E-state index contributed by atoms with van der Waals surface area (Å²) in [5.74, 6) is 1.01. The van der Waals surface area contributed by atoms with Crippen LogP contribution in [0.1, 0.15) is 42.1 Å². The number of rotatable bonds is 6. The average molecular weight is 337 g/mol. The fraction of sp³-hybridized carbons (Fsp3) is 0.333. The van der Waals surface area contributed by atoms with Crippen LogP contribution in [-0.2, 0) is 11.2 Å². The fourth-order valence-electron chi connectivity index (χ4n) is 3.14. The van der Waals surface area contributed by atoms with E-state index in [2.05, 4.69) is 0 Å². The van der Waals surface area contributed by atoms with Gasteiger partial charge in [0.2, 0.25) is 5.91 Å². The van der Waals surface area contributed by atoms with Gasteiger partial charge in [0, 0.05) is 24.2 Å². The van der Waals surface area contributed by atoms with Gasteiger partial charge < -0.3 is 9.64 Å². The zero-order chi connectivity index (χ0) is 17.6. The molecule has 2 aromatic carbocycles. The third-order valence-corrected chi connectivity index (χ3v) is 4.45. The first-order chi connectivity index (χ1) is 12.1. The van der Waals surface area contributed by atoms with E-state index in [0.717, 1.165) is 36.4 Å². The third-order valence-electron chi connectivity index (χ3n) is 4.45. The van der Waals surface area contributed by atoms with Gasteiger partial charge in [-0.05, 0) is 62.1 Å². The molecule has 0 N–H and O–H groups in total. The Labute approximate surface area is 148 Å². The van der Waals surface area contributed by atoms with E-state index in [4.69, 9.17) is 4.74 Å². The fourth-order valence-corrected chi connectivity index (χ4v) is 3.14. The van der Waals surface area contributed by atoms with E-state index < -0.39 is 0 Å². The summed E-state index contributed by atoms with van der Waals surface area (Å²) < 4.78 is 5.65. The Morgan fingerprint density at radius 3 is 2.68 bits per heavy atom. The summed E-state index contributed by atoms with van der Waals surface area (Å²) in [7, 11) is 0. The Hall–Kier alpha value is -2.62. The van der Waals surface area contributed by atoms with Crippen LogP contribution in [-0.4, -0.2) is 24.8 Å². The number of para-hydroxylation sites is 1. The van der Waals surface area contributed by atoms with Crippen LogP contribution in [0, 0.1) is 0 Å². The number of ether oxygens (including phenoxy) is 1. The number of hydrogen-bond donors (Lipinski definition) is 0. The number of carbonyl (C=O) groups is 2. The Balaban J connectivity index is 1.57. The van der Waals surface area contributed by atoms with E-state index in [0.29, 0.717) is 25.0 Å². The van der Waals surface area contributed by atoms with Gasteiger partial charge >= 0.3 is 0 Å². The summed E-state index contributed by atoms with van der Waals surface area (Å²) in [5.41, 5.74) is 2.75. The van der Waals surface area contributed by atoms with Gasteiger partial charge in [0.15, 0.2) is 5.78 Å². The molecule has 1 amide bonds. The van der Waals surface area contributed by atoms with Crippen LogP contribution in [0.15, 0.2) is 48.5 Å². The third kappa shape index (κ3) is 4.27. The molecule has 130 valence electrons. The van der Waals surface area contributed by atoms with Gasteiger partial charge in [-0.1, -0.05) is 18.2 Å². The number of anilines is 1. The van der Waals surface area contributed by atoms with Gasteiger partial charge in [0.25, 0.3) is 0 Å². The van der Waals surface area contributed by atoms with Crippen molar-refractivity contribution in [2.24, 2.45) is 0 Å². The Kier molecular flexibility index (Phi) is 5.49. The average Bonchev–Trinajstić information content (AvgIpc) is 2.65. The van der Waals surface area contributed by atoms with Gasteiger partial charge in [-0.2, -0.15) is 0 Å². The van der Waals surface area contributed by atoms with Gasteiger partial charge in [-0.15, -0.1) is 0 Å². The monoisotopic (exact) mass is 337 g/mol. The molecule has 0 aromatic heterocycles. The second-order valence-corrected chi connectivity index (χ2v) is 6.31. The number of aryl methyl sites for hydroxylation is 1. The second-order valence-electron chi connectivity index (χ2n) is 6.31. The summed E-state index contributed by atoms with van der Waals surface area (Å²) in [6, 6.07) is 15.3. The van der Waals surface area contributed by atoms with E-state index in [1.165, 1.54) is 0 Å². The Morgan fingerprint density at radius 1 is 1.12 bits per heavy atom. The smallest absolute Gasteiger partial charge is 0.227 e. The molecular weight excluding hydrogens is 314 g/mol. The van der Waals surface area contributed by atoms with E-state index >= 15 is 0 Å². The molecule has 0 unspecified atom stereocenters. The highest BCUT2D eigenvalue weighted by atomic mass is 16.5. The zero-order valence-corrected chi connectivity index (χ0v) is 14.5. The number of fused-ring (bicyclic) bond motifs is 1. The largest absolute Gasteiger partial charge is 0.494 e. The molecule has 0 atom stereocenters. The van der Waals surface area contributed by atoms with Crippen LogP contribution in [0.2, 0.25) is 0 Å². The van der Waals surface area contributed by atoms with Crippen molar-refractivity contribution in [3.05, 3.63) is 59.7 Å². The summed E-state index contributed by atoms with van der Waals surface area (Å²) in [6.45, 7) is 2.84. The first-order valence-corrected chi connectivity index (χ1v) is 8.77. The molecule has 2 aromatic rings. The summed E-state index contributed by atoms with van der Waals surface area (Å²) in [5, 5.41) is 0. The van der Waals surface area contributed by atoms with Crippen molar-refractivity contribution in [1.29, 1.82) is 0 Å². The molecule has 0 radical (unpaired) electrons. The van der Waals surface area contributed by atoms with Crippen LogP contribution < -0.4 is 9.64 Å². The number of hydrogen-bond acceptors (Lipinski definition) is 3. The first kappa shape index (κ1) is 17.2. The maximum absolute atomic E-state index is 12.6. The number of ketones is 1. The Bertz CT molecular complexity index is 755. The number of amides is 1. The number of nitrogens with zero attached hydrogens (tertiary/aromatic N) is 1. The summed E-state index contributed by atoms with van der Waals surface area (Å²) >= 11 is 0. The number of carbonyl (C=O) groups excluding carboxylic acids is 2. The summed E-state index contributed by atoms with van der Waals surface area (Å²) in [6.07, 6.45) is 2.99. The molecule has 0 fully saturated rings. The molecule has 25 heavy (non-hydrogen) atoms. The van der Waals surface area contributed by atoms with E-state index in [-0.39, 0.29) is 11.7 Å². The quantitative estimate of drug-likeness (QED) is 0.591. The lowest BCUT2D eigenvalue weighted by Crippen LogP contribution is -2.35. The van der Waals surface area contributed by atoms with Crippen molar-refractivity contribution < 1.29 is 14.3 Å². The highest BCUT2D eigenvalue weighted by Gasteiger charge is 2.22. The highest BCUT2D eigenvalue weighted by molar-refractivity contribution is 5.97. The normalized spacial score (nSPS) is 13.2. The lowest BCUT2D eigenvalue weighted by molar-refractivity contribution is -0.118. The van der Waals surface area contributed by atoms with E-state index in [9.17, 15) is 9.59 Å². The van der Waals surface area contributed by atoms with Crippen molar-refractivity contribution >= 4 is 17.4 Å². The van der Waals surface area contributed by atoms with E-state index in [1.807, 2.05) is 53.4 Å². The first-order valence-electron chi connectivity index (χ1n) is 8.77. The lowest BCUT2D eigenvalue weighted by Gasteiger charge is -2.30. The van der Waals surface area contributed by atoms with Crippen molar-refractivity contribution in [3.8, 4) is 5.75 Å². The van der Waals surface area contributed by atoms with Gasteiger partial charge in [0.1, 0.15) is 5.75 Å². The number of Topliss-reactive ketones (excluding diaryl/α,β-unsaturated/α-hetero) is 1. The summed E-state index contributed by atoms with van der Waals surface area (Å²) in [4.78, 5) is 26.0. The van der Waals surface area contributed by atoms with Gasteiger partial charge in [-0.3, -0.25) is 9.59 Å². The van der Waals surface area contributed by atoms with Crippen molar-refractivity contribution in [2.75, 3.05) is 18.1 Å². The number of benzene rings is 2. The highest BCUT2D eigenvalue weighted by Crippen LogP contribution is 2.29. The molecule has 1 aliphatic rings. The van der Waals surface area contributed by atoms with Crippen molar-refractivity contribution in [1.82, 2.24) is 0 Å². The van der Waals surface area contributed by atoms with Crippen molar-refractivity contribution in [3.63, 3.8) is 0 Å². The van der Waals surface area contributed by atoms with Crippen LogP contribution in [0.4, 0.5) is 5.69 Å². The minimum Gasteiger partial charge on any atom is -0.494 e. The van der Waals surface area contributed by atoms with E-state index in [1.54, 1.807) is 6.92 Å². The molecule has 1 heterocycles. The lowest BCUT2D eigenvalue weighted by atomic mass is 9.97. The second kappa shape index (κ2) is 7.97. The maximum atomic E-state index is 12.6. The molecule has 0 spiro atoms. The predicted molar refractivity (Wildman–Crippen MR) is 98.3 cm³/mol. The van der Waals surface area contributed by atoms with Gasteiger partial charge in [0.05, 0.1) is 6.61 Å². The van der Waals surface area contributed by atoms with Crippen molar-refractivity contribution in [2.45, 2.75) is 32.6 Å². The van der Waals surface area contributed by atoms with Gasteiger partial charge in [-0.25, -0.2) is 0 Å². The molecular formula is C21H23NO3.